The second kappa shape index (κ2) is 7.05. The van der Waals surface area contributed by atoms with Crippen LogP contribution in [0.2, 0.25) is 0 Å². The van der Waals surface area contributed by atoms with Crippen molar-refractivity contribution in [2.45, 2.75) is 40.5 Å². The topological polar surface area (TPSA) is 37.4 Å². The van der Waals surface area contributed by atoms with Crippen LogP contribution in [0.3, 0.4) is 0 Å². The summed E-state index contributed by atoms with van der Waals surface area (Å²) in [5.74, 6) is 2.31. The van der Waals surface area contributed by atoms with Crippen LogP contribution in [0.15, 0.2) is 57.2 Å². The molecule has 1 heterocycles. The van der Waals surface area contributed by atoms with E-state index in [0.717, 1.165) is 28.3 Å². The molecule has 1 atom stereocenters. The molecule has 140 valence electrons. The summed E-state index contributed by atoms with van der Waals surface area (Å²) in [5.41, 5.74) is 2.46. The second-order valence-electron chi connectivity index (χ2n) is 7.39. The van der Waals surface area contributed by atoms with Gasteiger partial charge < -0.3 is 4.90 Å². The molecule has 27 heavy (non-hydrogen) atoms. The van der Waals surface area contributed by atoms with Crippen molar-refractivity contribution in [3.63, 3.8) is 0 Å². The van der Waals surface area contributed by atoms with Gasteiger partial charge in [-0.05, 0) is 39.2 Å². The van der Waals surface area contributed by atoms with Crippen molar-refractivity contribution >= 4 is 23.3 Å². The molecular formula is C23H25NO2S. The smallest absolute Gasteiger partial charge is 0.188 e. The van der Waals surface area contributed by atoms with Crippen LogP contribution in [0, 0.1) is 23.7 Å². The van der Waals surface area contributed by atoms with Gasteiger partial charge >= 0.3 is 0 Å². The van der Waals surface area contributed by atoms with Gasteiger partial charge in [-0.15, -0.1) is 6.42 Å². The number of ketones is 2. The molecule has 0 aromatic carbocycles. The van der Waals surface area contributed by atoms with Crippen LogP contribution < -0.4 is 0 Å². The summed E-state index contributed by atoms with van der Waals surface area (Å²) in [7, 11) is 0. The van der Waals surface area contributed by atoms with Gasteiger partial charge in [0.1, 0.15) is 5.70 Å². The third-order valence-electron chi connectivity index (χ3n) is 5.65. The van der Waals surface area contributed by atoms with E-state index in [2.05, 4.69) is 12.5 Å². The van der Waals surface area contributed by atoms with Crippen LogP contribution in [0.5, 0.6) is 0 Å². The van der Waals surface area contributed by atoms with Gasteiger partial charge in [-0.2, -0.15) is 0 Å². The molecule has 0 N–H and O–H groups in total. The van der Waals surface area contributed by atoms with Crippen LogP contribution in [0.4, 0.5) is 0 Å². The van der Waals surface area contributed by atoms with Gasteiger partial charge in [0, 0.05) is 28.0 Å². The number of Topliss-reactive ketones (excluding diaryl/α,β-unsaturated/α-hetero) is 2. The highest BCUT2D eigenvalue weighted by Gasteiger charge is 2.53. The summed E-state index contributed by atoms with van der Waals surface area (Å²) in [6.07, 6.45) is 13.0. The number of carbonyl (C=O) groups is 2. The highest BCUT2D eigenvalue weighted by Crippen LogP contribution is 2.54. The summed E-state index contributed by atoms with van der Waals surface area (Å²) in [6.45, 7) is 12.2. The standard InChI is InChI=1S/C23H25NO2S/c1-7-11-15-14(5)20(25)19(18(15)21(26)23(6)12-13-23)22-24(10-4)16(8-2)17(9-3)27-22/h2,7,9,11,18H,3,10,12-13H2,1,4-6H3/b11-7-,22-19-. The van der Waals surface area contributed by atoms with Gasteiger partial charge in [-0.25, -0.2) is 0 Å². The number of terminal acetylenes is 1. The van der Waals surface area contributed by atoms with Gasteiger partial charge in [0.2, 0.25) is 0 Å². The van der Waals surface area contributed by atoms with Crippen molar-refractivity contribution in [1.82, 2.24) is 4.90 Å². The van der Waals surface area contributed by atoms with Crippen LogP contribution in [0.1, 0.15) is 40.5 Å². The molecule has 2 aliphatic carbocycles. The summed E-state index contributed by atoms with van der Waals surface area (Å²) >= 11 is 1.45. The van der Waals surface area contributed by atoms with Crippen molar-refractivity contribution in [1.29, 1.82) is 0 Å². The fraction of sp³-hybridized carbons (Fsp3) is 0.391. The van der Waals surface area contributed by atoms with E-state index < -0.39 is 5.92 Å². The highest BCUT2D eigenvalue weighted by atomic mass is 32.2. The Balaban J connectivity index is 2.20. The van der Waals surface area contributed by atoms with Crippen LogP contribution in [-0.4, -0.2) is 23.0 Å². The Morgan fingerprint density at radius 1 is 1.48 bits per heavy atom. The fourth-order valence-corrected chi connectivity index (χ4v) is 4.95. The van der Waals surface area contributed by atoms with Crippen LogP contribution in [0.25, 0.3) is 0 Å². The minimum Gasteiger partial charge on any atom is -0.328 e. The highest BCUT2D eigenvalue weighted by molar-refractivity contribution is 8.07. The Kier molecular flexibility index (Phi) is 5.10. The molecule has 0 saturated heterocycles. The largest absolute Gasteiger partial charge is 0.328 e. The van der Waals surface area contributed by atoms with E-state index in [4.69, 9.17) is 6.42 Å². The predicted molar refractivity (Wildman–Crippen MR) is 111 cm³/mol. The van der Waals surface area contributed by atoms with Gasteiger partial charge in [0.05, 0.1) is 10.9 Å². The molecule has 1 fully saturated rings. The van der Waals surface area contributed by atoms with Gasteiger partial charge in [0.25, 0.3) is 0 Å². The minimum atomic E-state index is -0.513. The number of hydrogen-bond donors (Lipinski definition) is 0. The van der Waals surface area contributed by atoms with E-state index in [1.165, 1.54) is 11.8 Å². The monoisotopic (exact) mass is 379 g/mol. The van der Waals surface area contributed by atoms with E-state index in [0.29, 0.717) is 23.4 Å². The maximum absolute atomic E-state index is 13.4. The first-order valence-corrected chi connectivity index (χ1v) is 10.1. The number of rotatable bonds is 5. The molecule has 3 rings (SSSR count). The number of nitrogens with zero attached hydrogens (tertiary/aromatic N) is 1. The SMILES string of the molecule is C#CC1=C(C=C)S/C(=C2\C(=O)C(C)=C(/C=C\C)C2C(=O)C2(C)CC2)N1CC. The average Bonchev–Trinajstić information content (AvgIpc) is 3.24. The van der Waals surface area contributed by atoms with Crippen LogP contribution >= 0.6 is 11.8 Å². The zero-order chi connectivity index (χ0) is 19.9. The van der Waals surface area contributed by atoms with Crippen molar-refractivity contribution in [2.24, 2.45) is 11.3 Å². The number of thioether (sulfide) groups is 1. The summed E-state index contributed by atoms with van der Waals surface area (Å²) in [4.78, 5) is 29.5. The van der Waals surface area contributed by atoms with Gasteiger partial charge in [-0.1, -0.05) is 49.4 Å². The third kappa shape index (κ3) is 2.95. The predicted octanol–water partition coefficient (Wildman–Crippen LogP) is 4.76. The normalized spacial score (nSPS) is 27.0. The Bertz CT molecular complexity index is 903. The molecule has 4 heteroatoms. The lowest BCUT2D eigenvalue weighted by Gasteiger charge is -2.24. The Hall–Kier alpha value is -2.25. The fourth-order valence-electron chi connectivity index (χ4n) is 3.74. The zero-order valence-electron chi connectivity index (χ0n) is 16.4. The molecule has 1 saturated carbocycles. The number of allylic oxidation sites excluding steroid dienone is 7. The van der Waals surface area contributed by atoms with Crippen LogP contribution in [-0.2, 0) is 9.59 Å². The molecular weight excluding hydrogens is 354 g/mol. The molecule has 0 aromatic rings. The zero-order valence-corrected chi connectivity index (χ0v) is 17.2. The molecule has 0 spiro atoms. The van der Waals surface area contributed by atoms with E-state index in [9.17, 15) is 9.59 Å². The molecule has 1 aliphatic heterocycles. The number of carbonyl (C=O) groups excluding carboxylic acids is 2. The Labute approximate surface area is 166 Å². The van der Waals surface area contributed by atoms with Crippen molar-refractivity contribution in [3.05, 3.63) is 57.2 Å². The average molecular weight is 380 g/mol. The molecule has 0 radical (unpaired) electrons. The number of hydrogen-bond acceptors (Lipinski definition) is 4. The quantitative estimate of drug-likeness (QED) is 0.510. The third-order valence-corrected chi connectivity index (χ3v) is 6.86. The lowest BCUT2D eigenvalue weighted by Crippen LogP contribution is -2.28. The van der Waals surface area contributed by atoms with E-state index in [1.54, 1.807) is 6.08 Å². The first-order chi connectivity index (χ1) is 12.8. The minimum absolute atomic E-state index is 0.0478. The molecule has 3 aliphatic rings. The lowest BCUT2D eigenvalue weighted by atomic mass is 9.84. The second-order valence-corrected chi connectivity index (χ2v) is 8.42. The lowest BCUT2D eigenvalue weighted by molar-refractivity contribution is -0.126. The molecule has 1 unspecified atom stereocenters. The van der Waals surface area contributed by atoms with Crippen molar-refractivity contribution in [3.8, 4) is 12.3 Å². The molecule has 0 bridgehead atoms. The van der Waals surface area contributed by atoms with Crippen molar-refractivity contribution < 1.29 is 9.59 Å². The molecule has 0 amide bonds. The van der Waals surface area contributed by atoms with Gasteiger partial charge in [-0.3, -0.25) is 9.59 Å². The summed E-state index contributed by atoms with van der Waals surface area (Å²) in [6, 6.07) is 0. The summed E-state index contributed by atoms with van der Waals surface area (Å²) < 4.78 is 0. The summed E-state index contributed by atoms with van der Waals surface area (Å²) in [5, 5.41) is 0.784. The molecule has 3 nitrogen and oxygen atoms in total. The molecule has 0 aromatic heterocycles. The maximum atomic E-state index is 13.4. The van der Waals surface area contributed by atoms with E-state index in [-0.39, 0.29) is 17.0 Å². The van der Waals surface area contributed by atoms with E-state index >= 15 is 0 Å². The first kappa shape index (κ1) is 19.5. The maximum Gasteiger partial charge on any atom is 0.188 e. The first-order valence-electron chi connectivity index (χ1n) is 9.30. The van der Waals surface area contributed by atoms with Crippen molar-refractivity contribution in [2.75, 3.05) is 6.54 Å². The van der Waals surface area contributed by atoms with E-state index in [1.807, 2.05) is 44.7 Å². The Morgan fingerprint density at radius 2 is 2.15 bits per heavy atom. The van der Waals surface area contributed by atoms with Gasteiger partial charge in [0.15, 0.2) is 11.6 Å². The Morgan fingerprint density at radius 3 is 2.63 bits per heavy atom.